The second kappa shape index (κ2) is 16.9. The van der Waals surface area contributed by atoms with Crippen LogP contribution in [0.4, 0.5) is 0 Å². The molecular formula is C23H40N6O9. The summed E-state index contributed by atoms with van der Waals surface area (Å²) in [5, 5.41) is 29.3. The van der Waals surface area contributed by atoms with Gasteiger partial charge in [-0.05, 0) is 25.2 Å². The molecule has 9 N–H and O–H groups in total. The van der Waals surface area contributed by atoms with Crippen LogP contribution >= 0.6 is 0 Å². The van der Waals surface area contributed by atoms with Gasteiger partial charge in [0.05, 0.1) is 12.6 Å². The Kier molecular flexibility index (Phi) is 15.2. The van der Waals surface area contributed by atoms with E-state index < -0.39 is 84.6 Å². The highest BCUT2D eigenvalue weighted by Gasteiger charge is 2.32. The van der Waals surface area contributed by atoms with Crippen molar-refractivity contribution in [1.29, 1.82) is 0 Å². The molecule has 0 spiro atoms. The molecule has 0 heterocycles. The largest absolute Gasteiger partial charge is 0.481 e. The van der Waals surface area contributed by atoms with Gasteiger partial charge in [-0.2, -0.15) is 0 Å². The predicted octanol–water partition coefficient (Wildman–Crippen LogP) is -2.33. The van der Waals surface area contributed by atoms with Crippen molar-refractivity contribution in [2.75, 3.05) is 13.1 Å². The Balaban J connectivity index is 5.21. The molecule has 0 bridgehead atoms. The standard InChI is InChI=1S/C23H40N6O9/c1-6-12(4)19(28-15(30)9-25-21(36)14(24)7-8-16(31)32)23(38)29-18(11(2)3)22(37)27-13(5)20(35)26-10-17(33)34/h11-14,18-19H,6-10,24H2,1-5H3,(H,25,36)(H,26,35)(H,27,37)(H,28,30)(H,29,38)(H,31,32)(H,33,34). The Hall–Kier alpha value is -3.75. The van der Waals surface area contributed by atoms with Crippen molar-refractivity contribution in [2.24, 2.45) is 17.6 Å². The number of aliphatic carboxylic acids is 2. The summed E-state index contributed by atoms with van der Waals surface area (Å²) < 4.78 is 0. The first kappa shape index (κ1) is 34.2. The van der Waals surface area contributed by atoms with E-state index in [4.69, 9.17) is 15.9 Å². The zero-order valence-corrected chi connectivity index (χ0v) is 22.3. The third-order valence-corrected chi connectivity index (χ3v) is 5.65. The number of carboxylic acids is 2. The average Bonchev–Trinajstić information content (AvgIpc) is 2.84. The molecule has 0 aromatic carbocycles. The van der Waals surface area contributed by atoms with E-state index in [0.717, 1.165) is 0 Å². The first-order chi connectivity index (χ1) is 17.6. The van der Waals surface area contributed by atoms with Crippen LogP contribution in [0.1, 0.15) is 53.9 Å². The van der Waals surface area contributed by atoms with Gasteiger partial charge in [0.25, 0.3) is 0 Å². The molecule has 0 aliphatic rings. The first-order valence-corrected chi connectivity index (χ1v) is 12.2. The summed E-state index contributed by atoms with van der Waals surface area (Å²) in [6.45, 7) is 7.08. The van der Waals surface area contributed by atoms with Gasteiger partial charge in [-0.25, -0.2) is 0 Å². The maximum atomic E-state index is 13.1. The number of rotatable bonds is 17. The summed E-state index contributed by atoms with van der Waals surface area (Å²) in [6.07, 6.45) is 0.0662. The first-order valence-electron chi connectivity index (χ1n) is 12.2. The lowest BCUT2D eigenvalue weighted by atomic mass is 9.96. The van der Waals surface area contributed by atoms with Gasteiger partial charge >= 0.3 is 11.9 Å². The highest BCUT2D eigenvalue weighted by molar-refractivity contribution is 5.95. The van der Waals surface area contributed by atoms with E-state index in [1.165, 1.54) is 6.92 Å². The topological polar surface area (TPSA) is 246 Å². The summed E-state index contributed by atoms with van der Waals surface area (Å²) in [6, 6.07) is -4.33. The van der Waals surface area contributed by atoms with Gasteiger partial charge in [-0.15, -0.1) is 0 Å². The normalized spacial score (nSPS) is 14.7. The molecule has 0 rings (SSSR count). The summed E-state index contributed by atoms with van der Waals surface area (Å²) >= 11 is 0. The minimum Gasteiger partial charge on any atom is -0.481 e. The van der Waals surface area contributed by atoms with Crippen LogP contribution in [-0.4, -0.2) is 88.9 Å². The van der Waals surface area contributed by atoms with Crippen LogP contribution in [0, 0.1) is 11.8 Å². The van der Waals surface area contributed by atoms with Crippen LogP contribution in [0.25, 0.3) is 0 Å². The smallest absolute Gasteiger partial charge is 0.322 e. The molecule has 0 saturated carbocycles. The zero-order valence-electron chi connectivity index (χ0n) is 22.3. The van der Waals surface area contributed by atoms with E-state index in [-0.39, 0.29) is 18.8 Å². The maximum absolute atomic E-state index is 13.1. The monoisotopic (exact) mass is 544 g/mol. The zero-order chi connectivity index (χ0) is 29.6. The summed E-state index contributed by atoms with van der Waals surface area (Å²) in [4.78, 5) is 83.5. The molecule has 216 valence electrons. The van der Waals surface area contributed by atoms with Crippen molar-refractivity contribution in [2.45, 2.75) is 78.0 Å². The summed E-state index contributed by atoms with van der Waals surface area (Å²) in [7, 11) is 0. The lowest BCUT2D eigenvalue weighted by Crippen LogP contribution is -2.59. The number of nitrogens with two attached hydrogens (primary N) is 1. The lowest BCUT2D eigenvalue weighted by Gasteiger charge is -2.28. The molecule has 0 aromatic heterocycles. The van der Waals surface area contributed by atoms with E-state index in [1.54, 1.807) is 27.7 Å². The lowest BCUT2D eigenvalue weighted by molar-refractivity contribution is -0.139. The second-order valence-electron chi connectivity index (χ2n) is 9.26. The minimum atomic E-state index is -1.25. The third kappa shape index (κ3) is 13.0. The Bertz CT molecular complexity index is 879. The number of hydrogen-bond donors (Lipinski definition) is 8. The fourth-order valence-corrected chi connectivity index (χ4v) is 3.10. The SMILES string of the molecule is CCC(C)C(NC(=O)CNC(=O)C(N)CCC(=O)O)C(=O)NC(C(=O)NC(C)C(=O)NCC(=O)O)C(C)C. The Morgan fingerprint density at radius 2 is 1.26 bits per heavy atom. The van der Waals surface area contributed by atoms with Crippen molar-refractivity contribution >= 4 is 41.5 Å². The van der Waals surface area contributed by atoms with Crippen LogP contribution in [0.5, 0.6) is 0 Å². The number of carbonyl (C=O) groups is 7. The molecule has 5 unspecified atom stereocenters. The van der Waals surface area contributed by atoms with E-state index in [2.05, 4.69) is 26.6 Å². The number of amides is 5. The quantitative estimate of drug-likeness (QED) is 0.0970. The van der Waals surface area contributed by atoms with Crippen LogP contribution < -0.4 is 32.3 Å². The van der Waals surface area contributed by atoms with Crippen LogP contribution in [0.3, 0.4) is 0 Å². The van der Waals surface area contributed by atoms with Crippen LogP contribution in [-0.2, 0) is 33.6 Å². The molecule has 0 fully saturated rings. The van der Waals surface area contributed by atoms with Gasteiger partial charge in [0.1, 0.15) is 24.7 Å². The molecule has 0 saturated heterocycles. The van der Waals surface area contributed by atoms with Gasteiger partial charge < -0.3 is 42.5 Å². The number of carbonyl (C=O) groups excluding carboxylic acids is 5. The van der Waals surface area contributed by atoms with Crippen molar-refractivity contribution in [3.63, 3.8) is 0 Å². The predicted molar refractivity (Wildman–Crippen MR) is 134 cm³/mol. The van der Waals surface area contributed by atoms with Gasteiger partial charge in [0.2, 0.25) is 29.5 Å². The molecule has 0 aliphatic carbocycles. The van der Waals surface area contributed by atoms with Crippen LogP contribution in [0.15, 0.2) is 0 Å². The molecule has 0 aliphatic heterocycles. The molecule has 5 atom stereocenters. The van der Waals surface area contributed by atoms with Gasteiger partial charge in [0.15, 0.2) is 0 Å². The Morgan fingerprint density at radius 3 is 1.76 bits per heavy atom. The summed E-state index contributed by atoms with van der Waals surface area (Å²) in [5.74, 6) is -6.60. The number of hydrogen-bond acceptors (Lipinski definition) is 8. The molecular weight excluding hydrogens is 504 g/mol. The highest BCUT2D eigenvalue weighted by atomic mass is 16.4. The average molecular weight is 545 g/mol. The maximum Gasteiger partial charge on any atom is 0.322 e. The van der Waals surface area contributed by atoms with Crippen molar-refractivity contribution in [3.8, 4) is 0 Å². The highest BCUT2D eigenvalue weighted by Crippen LogP contribution is 2.10. The van der Waals surface area contributed by atoms with E-state index in [9.17, 15) is 33.6 Å². The minimum absolute atomic E-state index is 0.112. The fourth-order valence-electron chi connectivity index (χ4n) is 3.10. The molecule has 38 heavy (non-hydrogen) atoms. The fraction of sp³-hybridized carbons (Fsp3) is 0.696. The van der Waals surface area contributed by atoms with E-state index in [0.29, 0.717) is 6.42 Å². The van der Waals surface area contributed by atoms with E-state index >= 15 is 0 Å². The molecule has 5 amide bonds. The third-order valence-electron chi connectivity index (χ3n) is 5.65. The Morgan fingerprint density at radius 1 is 0.711 bits per heavy atom. The van der Waals surface area contributed by atoms with Crippen molar-refractivity contribution in [1.82, 2.24) is 26.6 Å². The molecule has 15 heteroatoms. The Labute approximate surface area is 221 Å². The summed E-state index contributed by atoms with van der Waals surface area (Å²) in [5.41, 5.74) is 5.61. The van der Waals surface area contributed by atoms with Crippen molar-refractivity contribution in [3.05, 3.63) is 0 Å². The van der Waals surface area contributed by atoms with Gasteiger partial charge in [0, 0.05) is 6.42 Å². The molecule has 0 aromatic rings. The molecule has 0 radical (unpaired) electrons. The van der Waals surface area contributed by atoms with E-state index in [1.807, 2.05) is 0 Å². The number of nitrogens with one attached hydrogen (secondary N) is 5. The van der Waals surface area contributed by atoms with Crippen molar-refractivity contribution < 1.29 is 43.8 Å². The molecule has 15 nitrogen and oxygen atoms in total. The second-order valence-corrected chi connectivity index (χ2v) is 9.26. The number of carboxylic acid groups (broad SMARTS) is 2. The van der Waals surface area contributed by atoms with Crippen LogP contribution in [0.2, 0.25) is 0 Å². The van der Waals surface area contributed by atoms with Gasteiger partial charge in [-0.3, -0.25) is 33.6 Å². The van der Waals surface area contributed by atoms with Gasteiger partial charge in [-0.1, -0.05) is 34.1 Å².